The second kappa shape index (κ2) is 5.63. The molecule has 2 rings (SSSR count). The lowest BCUT2D eigenvalue weighted by atomic mass is 10.1. The average Bonchev–Trinajstić information content (AvgIpc) is 2.73. The molecule has 1 aromatic carbocycles. The van der Waals surface area contributed by atoms with Gasteiger partial charge >= 0.3 is 0 Å². The lowest BCUT2D eigenvalue weighted by Gasteiger charge is -2.03. The van der Waals surface area contributed by atoms with Gasteiger partial charge in [-0.2, -0.15) is 0 Å². The zero-order chi connectivity index (χ0) is 13.1. The number of benzene rings is 1. The highest BCUT2D eigenvalue weighted by Crippen LogP contribution is 2.23. The molecule has 96 valence electrons. The number of nitrogens with zero attached hydrogens (tertiary/aromatic N) is 2. The SMILES string of the molecule is Cc1cc(Br)cc(-c2nnc(CNC(C)C)o2)c1. The summed E-state index contributed by atoms with van der Waals surface area (Å²) in [5, 5.41) is 11.3. The molecule has 1 aromatic heterocycles. The van der Waals surface area contributed by atoms with Gasteiger partial charge in [0.05, 0.1) is 6.54 Å². The van der Waals surface area contributed by atoms with Crippen LogP contribution in [0.2, 0.25) is 0 Å². The number of hydrogen-bond acceptors (Lipinski definition) is 4. The van der Waals surface area contributed by atoms with Crippen molar-refractivity contribution >= 4 is 15.9 Å². The number of nitrogens with one attached hydrogen (secondary N) is 1. The molecule has 0 atom stereocenters. The van der Waals surface area contributed by atoms with Crippen molar-refractivity contribution in [1.29, 1.82) is 0 Å². The summed E-state index contributed by atoms with van der Waals surface area (Å²) in [6, 6.07) is 6.44. The third-order valence-electron chi connectivity index (χ3n) is 2.42. The fourth-order valence-electron chi connectivity index (χ4n) is 1.59. The molecule has 0 aliphatic carbocycles. The standard InChI is InChI=1S/C13H16BrN3O/c1-8(2)15-7-12-16-17-13(18-12)10-4-9(3)5-11(14)6-10/h4-6,8,15H,7H2,1-3H3. The minimum absolute atomic E-state index is 0.397. The van der Waals surface area contributed by atoms with Gasteiger partial charge in [-0.3, -0.25) is 0 Å². The predicted molar refractivity (Wildman–Crippen MR) is 74.1 cm³/mol. The summed E-state index contributed by atoms with van der Waals surface area (Å²) >= 11 is 3.46. The van der Waals surface area contributed by atoms with Gasteiger partial charge < -0.3 is 9.73 Å². The maximum atomic E-state index is 5.62. The Kier molecular flexibility index (Phi) is 4.14. The number of aryl methyl sites for hydroxylation is 1. The highest BCUT2D eigenvalue weighted by Gasteiger charge is 2.09. The van der Waals surface area contributed by atoms with Gasteiger partial charge in [0.1, 0.15) is 0 Å². The lowest BCUT2D eigenvalue weighted by molar-refractivity contribution is 0.459. The molecular formula is C13H16BrN3O. The summed E-state index contributed by atoms with van der Waals surface area (Å²) in [5.41, 5.74) is 2.09. The summed E-state index contributed by atoms with van der Waals surface area (Å²) in [5.74, 6) is 1.16. The predicted octanol–water partition coefficient (Wildman–Crippen LogP) is 3.31. The first-order valence-corrected chi connectivity index (χ1v) is 6.67. The molecule has 0 unspecified atom stereocenters. The number of rotatable bonds is 4. The molecule has 5 heteroatoms. The molecule has 0 saturated heterocycles. The van der Waals surface area contributed by atoms with Gasteiger partial charge in [-0.1, -0.05) is 29.8 Å². The van der Waals surface area contributed by atoms with E-state index in [0.717, 1.165) is 15.6 Å². The Morgan fingerprint density at radius 3 is 2.72 bits per heavy atom. The molecule has 0 aliphatic heterocycles. The smallest absolute Gasteiger partial charge is 0.247 e. The van der Waals surface area contributed by atoms with Crippen LogP contribution in [0.1, 0.15) is 25.3 Å². The highest BCUT2D eigenvalue weighted by atomic mass is 79.9. The van der Waals surface area contributed by atoms with Crippen LogP contribution in [0.5, 0.6) is 0 Å². The van der Waals surface area contributed by atoms with E-state index in [1.54, 1.807) is 0 Å². The molecule has 0 amide bonds. The van der Waals surface area contributed by atoms with E-state index in [1.165, 1.54) is 0 Å². The van der Waals surface area contributed by atoms with E-state index in [-0.39, 0.29) is 0 Å². The Morgan fingerprint density at radius 2 is 2.06 bits per heavy atom. The normalized spacial score (nSPS) is 11.2. The summed E-state index contributed by atoms with van der Waals surface area (Å²) in [7, 11) is 0. The summed E-state index contributed by atoms with van der Waals surface area (Å²) < 4.78 is 6.64. The largest absolute Gasteiger partial charge is 0.419 e. The van der Waals surface area contributed by atoms with Crippen LogP contribution in [0.15, 0.2) is 27.1 Å². The van der Waals surface area contributed by atoms with Crippen molar-refractivity contribution in [3.63, 3.8) is 0 Å². The van der Waals surface area contributed by atoms with E-state index in [2.05, 4.69) is 45.3 Å². The Hall–Kier alpha value is -1.20. The molecular weight excluding hydrogens is 294 g/mol. The van der Waals surface area contributed by atoms with Crippen molar-refractivity contribution in [2.45, 2.75) is 33.4 Å². The van der Waals surface area contributed by atoms with Gasteiger partial charge in [0.25, 0.3) is 0 Å². The first-order valence-electron chi connectivity index (χ1n) is 5.88. The second-order valence-corrected chi connectivity index (χ2v) is 5.47. The molecule has 0 fully saturated rings. The molecule has 0 radical (unpaired) electrons. The minimum atomic E-state index is 0.397. The van der Waals surface area contributed by atoms with Gasteiger partial charge in [-0.15, -0.1) is 10.2 Å². The molecule has 0 bridgehead atoms. The van der Waals surface area contributed by atoms with Crippen molar-refractivity contribution in [3.8, 4) is 11.5 Å². The van der Waals surface area contributed by atoms with Gasteiger partial charge in [-0.25, -0.2) is 0 Å². The van der Waals surface area contributed by atoms with Crippen molar-refractivity contribution in [2.75, 3.05) is 0 Å². The molecule has 4 nitrogen and oxygen atoms in total. The first-order chi connectivity index (χ1) is 8.54. The molecule has 1 N–H and O–H groups in total. The molecule has 1 heterocycles. The lowest BCUT2D eigenvalue weighted by Crippen LogP contribution is -2.21. The van der Waals surface area contributed by atoms with E-state index in [0.29, 0.717) is 24.4 Å². The van der Waals surface area contributed by atoms with Gasteiger partial charge in [0, 0.05) is 16.1 Å². The van der Waals surface area contributed by atoms with E-state index in [4.69, 9.17) is 4.42 Å². The zero-order valence-electron chi connectivity index (χ0n) is 10.7. The van der Waals surface area contributed by atoms with Crippen LogP contribution < -0.4 is 5.32 Å². The zero-order valence-corrected chi connectivity index (χ0v) is 12.3. The minimum Gasteiger partial charge on any atom is -0.419 e. The third kappa shape index (κ3) is 3.40. The van der Waals surface area contributed by atoms with Crippen LogP contribution in [0.3, 0.4) is 0 Å². The molecule has 0 spiro atoms. The summed E-state index contributed by atoms with van der Waals surface area (Å²) in [4.78, 5) is 0. The number of hydrogen-bond donors (Lipinski definition) is 1. The van der Waals surface area contributed by atoms with Crippen molar-refractivity contribution in [2.24, 2.45) is 0 Å². The fraction of sp³-hybridized carbons (Fsp3) is 0.385. The Labute approximate surface area is 115 Å². The van der Waals surface area contributed by atoms with Crippen LogP contribution in [-0.4, -0.2) is 16.2 Å². The van der Waals surface area contributed by atoms with E-state index >= 15 is 0 Å². The van der Waals surface area contributed by atoms with Crippen LogP contribution in [0.4, 0.5) is 0 Å². The second-order valence-electron chi connectivity index (χ2n) is 4.55. The Bertz CT molecular complexity index is 517. The van der Waals surface area contributed by atoms with Crippen LogP contribution in [0, 0.1) is 6.92 Å². The number of halogens is 1. The van der Waals surface area contributed by atoms with Crippen molar-refractivity contribution < 1.29 is 4.42 Å². The first kappa shape index (κ1) is 13.2. The monoisotopic (exact) mass is 309 g/mol. The Balaban J connectivity index is 2.18. The average molecular weight is 310 g/mol. The van der Waals surface area contributed by atoms with Gasteiger partial charge in [0.2, 0.25) is 11.8 Å². The van der Waals surface area contributed by atoms with Gasteiger partial charge in [0.15, 0.2) is 0 Å². The maximum Gasteiger partial charge on any atom is 0.247 e. The number of aromatic nitrogens is 2. The maximum absolute atomic E-state index is 5.62. The molecule has 0 saturated carbocycles. The molecule has 18 heavy (non-hydrogen) atoms. The third-order valence-corrected chi connectivity index (χ3v) is 2.88. The Morgan fingerprint density at radius 1 is 1.28 bits per heavy atom. The topological polar surface area (TPSA) is 51.0 Å². The summed E-state index contributed by atoms with van der Waals surface area (Å²) in [6.45, 7) is 6.79. The van der Waals surface area contributed by atoms with Crippen LogP contribution >= 0.6 is 15.9 Å². The van der Waals surface area contributed by atoms with Crippen molar-refractivity contribution in [3.05, 3.63) is 34.1 Å². The van der Waals surface area contributed by atoms with E-state index in [1.807, 2.05) is 25.1 Å². The molecule has 0 aliphatic rings. The van der Waals surface area contributed by atoms with Crippen LogP contribution in [-0.2, 0) is 6.54 Å². The van der Waals surface area contributed by atoms with Gasteiger partial charge in [-0.05, 0) is 30.7 Å². The van der Waals surface area contributed by atoms with E-state index in [9.17, 15) is 0 Å². The fourth-order valence-corrected chi connectivity index (χ4v) is 2.20. The van der Waals surface area contributed by atoms with Crippen molar-refractivity contribution in [1.82, 2.24) is 15.5 Å². The molecule has 2 aromatic rings. The summed E-state index contributed by atoms with van der Waals surface area (Å²) in [6.07, 6.45) is 0. The van der Waals surface area contributed by atoms with E-state index < -0.39 is 0 Å². The highest BCUT2D eigenvalue weighted by molar-refractivity contribution is 9.10. The quantitative estimate of drug-likeness (QED) is 0.941. The van der Waals surface area contributed by atoms with Crippen LogP contribution in [0.25, 0.3) is 11.5 Å².